The van der Waals surface area contributed by atoms with Gasteiger partial charge in [0.15, 0.2) is 17.2 Å². The summed E-state index contributed by atoms with van der Waals surface area (Å²) in [5.74, 6) is 1.67. The Morgan fingerprint density at radius 3 is 2.67 bits per heavy atom. The molecule has 1 aliphatic heterocycles. The van der Waals surface area contributed by atoms with Crippen molar-refractivity contribution in [3.63, 3.8) is 0 Å². The molecule has 1 heterocycles. The molecule has 2 fully saturated rings. The van der Waals surface area contributed by atoms with Crippen molar-refractivity contribution in [1.82, 2.24) is 0 Å². The van der Waals surface area contributed by atoms with Crippen molar-refractivity contribution in [1.29, 1.82) is 5.41 Å². The summed E-state index contributed by atoms with van der Waals surface area (Å²) in [5, 5.41) is 12.9. The van der Waals surface area contributed by atoms with Crippen LogP contribution < -0.4 is 19.8 Å². The lowest BCUT2D eigenvalue weighted by molar-refractivity contribution is -0.111. The maximum absolute atomic E-state index is 12.9. The zero-order valence-corrected chi connectivity index (χ0v) is 17.4. The van der Waals surface area contributed by atoms with E-state index in [4.69, 9.17) is 26.5 Å². The Labute approximate surface area is 180 Å². The number of ether oxygens (including phenoxy) is 2. The molecule has 0 aromatic heterocycles. The SMILES string of the molecule is COc1cc(N2CC(=N)C(=NNc3ccc(Cl)cc3)C2=O)ccc1OCCC1CC1. The molecule has 1 aliphatic carbocycles. The van der Waals surface area contributed by atoms with Gasteiger partial charge in [-0.15, -0.1) is 0 Å². The average Bonchev–Trinajstić information content (AvgIpc) is 3.53. The molecule has 0 atom stereocenters. The molecule has 7 nitrogen and oxygen atoms in total. The van der Waals surface area contributed by atoms with Crippen molar-refractivity contribution in [3.8, 4) is 11.5 Å². The van der Waals surface area contributed by atoms with Gasteiger partial charge >= 0.3 is 0 Å². The Balaban J connectivity index is 1.46. The number of benzene rings is 2. The van der Waals surface area contributed by atoms with Gasteiger partial charge in [0.25, 0.3) is 5.91 Å². The van der Waals surface area contributed by atoms with Crippen LogP contribution in [0.15, 0.2) is 47.6 Å². The van der Waals surface area contributed by atoms with Crippen molar-refractivity contribution >= 4 is 40.3 Å². The molecule has 0 spiro atoms. The van der Waals surface area contributed by atoms with Crippen molar-refractivity contribution in [2.45, 2.75) is 19.3 Å². The average molecular weight is 427 g/mol. The molecule has 2 N–H and O–H groups in total. The second-order valence-corrected chi connectivity index (χ2v) is 7.80. The molecule has 0 radical (unpaired) electrons. The lowest BCUT2D eigenvalue weighted by Crippen LogP contribution is -2.27. The smallest absolute Gasteiger partial charge is 0.281 e. The normalized spacial score (nSPS) is 17.5. The molecule has 2 aromatic rings. The Morgan fingerprint density at radius 2 is 1.97 bits per heavy atom. The summed E-state index contributed by atoms with van der Waals surface area (Å²) >= 11 is 5.87. The third kappa shape index (κ3) is 4.57. The summed E-state index contributed by atoms with van der Waals surface area (Å²) in [6.07, 6.45) is 3.63. The fourth-order valence-corrected chi connectivity index (χ4v) is 3.34. The summed E-state index contributed by atoms with van der Waals surface area (Å²) in [4.78, 5) is 14.4. The summed E-state index contributed by atoms with van der Waals surface area (Å²) in [7, 11) is 1.57. The van der Waals surface area contributed by atoms with E-state index in [2.05, 4.69) is 10.5 Å². The van der Waals surface area contributed by atoms with Crippen LogP contribution in [0.5, 0.6) is 11.5 Å². The lowest BCUT2D eigenvalue weighted by atomic mass is 10.2. The number of carbonyl (C=O) groups excluding carboxylic acids is 1. The van der Waals surface area contributed by atoms with Crippen LogP contribution in [0.1, 0.15) is 19.3 Å². The quantitative estimate of drug-likeness (QED) is 0.614. The molecular weight excluding hydrogens is 404 g/mol. The van der Waals surface area contributed by atoms with Crippen molar-refractivity contribution in [3.05, 3.63) is 47.5 Å². The van der Waals surface area contributed by atoms with Crippen LogP contribution >= 0.6 is 11.6 Å². The van der Waals surface area contributed by atoms with Crippen LogP contribution in [-0.4, -0.2) is 37.6 Å². The highest BCUT2D eigenvalue weighted by Gasteiger charge is 2.34. The second-order valence-electron chi connectivity index (χ2n) is 7.36. The van der Waals surface area contributed by atoms with E-state index < -0.39 is 0 Å². The van der Waals surface area contributed by atoms with Gasteiger partial charge in [-0.25, -0.2) is 0 Å². The molecule has 1 saturated heterocycles. The van der Waals surface area contributed by atoms with E-state index in [1.54, 1.807) is 49.6 Å². The highest BCUT2D eigenvalue weighted by Crippen LogP contribution is 2.35. The molecule has 0 bridgehead atoms. The van der Waals surface area contributed by atoms with Gasteiger partial charge in [-0.3, -0.25) is 10.2 Å². The van der Waals surface area contributed by atoms with Gasteiger partial charge in [-0.1, -0.05) is 24.4 Å². The summed E-state index contributed by atoms with van der Waals surface area (Å²) in [6.45, 7) is 0.797. The third-order valence-corrected chi connectivity index (χ3v) is 5.38. The molecule has 8 heteroatoms. The largest absolute Gasteiger partial charge is 0.493 e. The topological polar surface area (TPSA) is 87.0 Å². The number of rotatable bonds is 8. The summed E-state index contributed by atoms with van der Waals surface area (Å²) in [5.41, 5.74) is 4.35. The first-order valence-electron chi connectivity index (χ1n) is 9.85. The van der Waals surface area contributed by atoms with E-state index in [1.807, 2.05) is 0 Å². The molecule has 30 heavy (non-hydrogen) atoms. The number of methoxy groups -OCH3 is 1. The minimum absolute atomic E-state index is 0.0775. The Hall–Kier alpha value is -3.06. The van der Waals surface area contributed by atoms with Crippen LogP contribution in [-0.2, 0) is 4.79 Å². The molecular formula is C22H23ClN4O3. The number of nitrogens with zero attached hydrogens (tertiary/aromatic N) is 2. The van der Waals surface area contributed by atoms with Gasteiger partial charge in [-0.05, 0) is 48.7 Å². The zero-order chi connectivity index (χ0) is 21.1. The first-order chi connectivity index (χ1) is 14.5. The number of carbonyl (C=O) groups is 1. The van der Waals surface area contributed by atoms with Gasteiger partial charge in [0.1, 0.15) is 0 Å². The second kappa shape index (κ2) is 8.75. The molecule has 1 saturated carbocycles. The minimum Gasteiger partial charge on any atom is -0.493 e. The fraction of sp³-hybridized carbons (Fsp3) is 0.318. The fourth-order valence-electron chi connectivity index (χ4n) is 3.22. The van der Waals surface area contributed by atoms with Crippen molar-refractivity contribution in [2.24, 2.45) is 11.0 Å². The zero-order valence-electron chi connectivity index (χ0n) is 16.7. The Morgan fingerprint density at radius 1 is 1.20 bits per heavy atom. The monoisotopic (exact) mass is 426 g/mol. The molecule has 0 unspecified atom stereocenters. The minimum atomic E-state index is -0.342. The molecule has 1 amide bonds. The van der Waals surface area contributed by atoms with Crippen LogP contribution in [0.25, 0.3) is 0 Å². The van der Waals surface area contributed by atoms with Gasteiger partial charge in [0, 0.05) is 16.8 Å². The highest BCUT2D eigenvalue weighted by molar-refractivity contribution is 6.73. The number of hydrazone groups is 1. The molecule has 2 aromatic carbocycles. The first kappa shape index (κ1) is 20.2. The van der Waals surface area contributed by atoms with Gasteiger partial charge in [0.2, 0.25) is 0 Å². The maximum atomic E-state index is 12.9. The van der Waals surface area contributed by atoms with E-state index in [-0.39, 0.29) is 23.9 Å². The van der Waals surface area contributed by atoms with E-state index >= 15 is 0 Å². The van der Waals surface area contributed by atoms with Gasteiger partial charge < -0.3 is 19.8 Å². The highest BCUT2D eigenvalue weighted by atomic mass is 35.5. The van der Waals surface area contributed by atoms with Crippen LogP contribution in [0.4, 0.5) is 11.4 Å². The summed E-state index contributed by atoms with van der Waals surface area (Å²) in [6, 6.07) is 12.3. The van der Waals surface area contributed by atoms with Gasteiger partial charge in [0.05, 0.1) is 31.7 Å². The van der Waals surface area contributed by atoms with E-state index in [0.29, 0.717) is 34.5 Å². The van der Waals surface area contributed by atoms with Crippen molar-refractivity contribution in [2.75, 3.05) is 30.6 Å². The number of nitrogens with one attached hydrogen (secondary N) is 2. The molecule has 2 aliphatic rings. The maximum Gasteiger partial charge on any atom is 0.281 e. The van der Waals surface area contributed by atoms with E-state index in [9.17, 15) is 4.79 Å². The van der Waals surface area contributed by atoms with Crippen LogP contribution in [0, 0.1) is 11.3 Å². The number of halogens is 1. The van der Waals surface area contributed by atoms with E-state index in [0.717, 1.165) is 12.3 Å². The lowest BCUT2D eigenvalue weighted by Gasteiger charge is -2.17. The Bertz CT molecular complexity index is 986. The molecule has 156 valence electrons. The van der Waals surface area contributed by atoms with Gasteiger partial charge in [-0.2, -0.15) is 5.10 Å². The predicted octanol–water partition coefficient (Wildman–Crippen LogP) is 4.36. The third-order valence-electron chi connectivity index (χ3n) is 5.13. The number of hydrogen-bond acceptors (Lipinski definition) is 6. The first-order valence-corrected chi connectivity index (χ1v) is 10.2. The molecule has 4 rings (SSSR count). The predicted molar refractivity (Wildman–Crippen MR) is 118 cm³/mol. The van der Waals surface area contributed by atoms with Crippen LogP contribution in [0.3, 0.4) is 0 Å². The number of amides is 1. The summed E-state index contributed by atoms with van der Waals surface area (Å²) < 4.78 is 11.3. The van der Waals surface area contributed by atoms with Crippen molar-refractivity contribution < 1.29 is 14.3 Å². The van der Waals surface area contributed by atoms with Crippen LogP contribution in [0.2, 0.25) is 5.02 Å². The number of anilines is 2. The number of hydrogen-bond donors (Lipinski definition) is 2. The van der Waals surface area contributed by atoms with E-state index in [1.165, 1.54) is 17.7 Å². The standard InChI is InChI=1S/C22H23ClN4O3/c1-29-20-12-17(8-9-19(20)30-11-10-14-2-3-14)27-13-18(24)21(22(27)28)26-25-16-6-4-15(23)5-7-16/h4-9,12,14,24-25H,2-3,10-11,13H2,1H3. The Kier molecular flexibility index (Phi) is 5.90.